The second-order valence-corrected chi connectivity index (χ2v) is 5.84. The highest BCUT2D eigenvalue weighted by molar-refractivity contribution is 5.40. The number of hydrogen-bond donors (Lipinski definition) is 1. The number of rotatable bonds is 4. The van der Waals surface area contributed by atoms with E-state index in [9.17, 15) is 4.79 Å². The molecule has 0 amide bonds. The van der Waals surface area contributed by atoms with Gasteiger partial charge in [0.05, 0.1) is 18.4 Å². The second kappa shape index (κ2) is 5.52. The van der Waals surface area contributed by atoms with Crippen LogP contribution in [0.5, 0.6) is 0 Å². The zero-order valence-corrected chi connectivity index (χ0v) is 12.2. The van der Waals surface area contributed by atoms with Crippen LogP contribution in [0.15, 0.2) is 17.1 Å². The summed E-state index contributed by atoms with van der Waals surface area (Å²) in [7, 11) is 5.70. The number of hydrogen-bond acceptors (Lipinski definition) is 4. The third-order valence-corrected chi connectivity index (χ3v) is 3.12. The van der Waals surface area contributed by atoms with Gasteiger partial charge in [-0.1, -0.05) is 20.8 Å². The number of nitrogens with zero attached hydrogens (tertiary/aromatic N) is 3. The Balaban J connectivity index is 2.95. The van der Waals surface area contributed by atoms with Gasteiger partial charge in [0.15, 0.2) is 0 Å². The summed E-state index contributed by atoms with van der Waals surface area (Å²) in [6, 6.07) is 1.82. The SMILES string of the molecule is CNC(Cn1ncc(N(C)C)cc1=O)C(C)(C)C. The normalized spacial score (nSPS) is 13.4. The van der Waals surface area contributed by atoms with Crippen LogP contribution >= 0.6 is 0 Å². The van der Waals surface area contributed by atoms with E-state index in [0.717, 1.165) is 5.69 Å². The van der Waals surface area contributed by atoms with E-state index in [-0.39, 0.29) is 17.0 Å². The number of aromatic nitrogens is 2. The third kappa shape index (κ3) is 3.57. The van der Waals surface area contributed by atoms with Gasteiger partial charge in [-0.2, -0.15) is 5.10 Å². The van der Waals surface area contributed by atoms with Gasteiger partial charge in [-0.3, -0.25) is 4.79 Å². The van der Waals surface area contributed by atoms with Crippen LogP contribution in [0, 0.1) is 5.41 Å². The van der Waals surface area contributed by atoms with Crippen LogP contribution in [0.4, 0.5) is 5.69 Å². The minimum atomic E-state index is -0.0642. The summed E-state index contributed by atoms with van der Waals surface area (Å²) in [5, 5.41) is 7.47. The molecule has 1 heterocycles. The fourth-order valence-corrected chi connectivity index (χ4v) is 1.78. The minimum absolute atomic E-state index is 0.0642. The molecular formula is C13H24N4O. The van der Waals surface area contributed by atoms with Gasteiger partial charge in [0, 0.05) is 26.2 Å². The van der Waals surface area contributed by atoms with E-state index in [4.69, 9.17) is 0 Å². The van der Waals surface area contributed by atoms with Gasteiger partial charge in [-0.05, 0) is 12.5 Å². The highest BCUT2D eigenvalue weighted by Gasteiger charge is 2.23. The summed E-state index contributed by atoms with van der Waals surface area (Å²) in [6.45, 7) is 7.01. The summed E-state index contributed by atoms with van der Waals surface area (Å²) in [5.74, 6) is 0. The molecule has 0 aliphatic heterocycles. The van der Waals surface area contributed by atoms with Crippen LogP contribution < -0.4 is 15.8 Å². The van der Waals surface area contributed by atoms with E-state index in [1.54, 1.807) is 12.3 Å². The van der Waals surface area contributed by atoms with Crippen LogP contribution in [0.3, 0.4) is 0 Å². The zero-order chi connectivity index (χ0) is 13.9. The number of nitrogens with one attached hydrogen (secondary N) is 1. The molecule has 0 aromatic carbocycles. The van der Waals surface area contributed by atoms with Crippen molar-refractivity contribution < 1.29 is 0 Å². The van der Waals surface area contributed by atoms with Gasteiger partial charge >= 0.3 is 0 Å². The number of likely N-dealkylation sites (N-methyl/N-ethyl adjacent to an activating group) is 1. The molecule has 102 valence electrons. The molecule has 0 saturated heterocycles. The van der Waals surface area contributed by atoms with E-state index >= 15 is 0 Å². The van der Waals surface area contributed by atoms with Crippen molar-refractivity contribution in [3.63, 3.8) is 0 Å². The number of anilines is 1. The quantitative estimate of drug-likeness (QED) is 0.866. The minimum Gasteiger partial charge on any atom is -0.376 e. The highest BCUT2D eigenvalue weighted by Crippen LogP contribution is 2.19. The van der Waals surface area contributed by atoms with Gasteiger partial charge in [-0.15, -0.1) is 0 Å². The fraction of sp³-hybridized carbons (Fsp3) is 0.692. The molecular weight excluding hydrogens is 228 g/mol. The first-order valence-electron chi connectivity index (χ1n) is 6.17. The van der Waals surface area contributed by atoms with Crippen LogP contribution in [0.2, 0.25) is 0 Å². The maximum Gasteiger partial charge on any atom is 0.268 e. The molecule has 1 N–H and O–H groups in total. The predicted molar refractivity (Wildman–Crippen MR) is 75.1 cm³/mol. The Morgan fingerprint density at radius 2 is 2.06 bits per heavy atom. The van der Waals surface area contributed by atoms with Crippen molar-refractivity contribution in [2.75, 3.05) is 26.0 Å². The van der Waals surface area contributed by atoms with Crippen molar-refractivity contribution in [3.8, 4) is 0 Å². The van der Waals surface area contributed by atoms with E-state index in [2.05, 4.69) is 31.2 Å². The van der Waals surface area contributed by atoms with Crippen LogP contribution in [0.25, 0.3) is 0 Å². The summed E-state index contributed by atoms with van der Waals surface area (Å²) < 4.78 is 1.51. The lowest BCUT2D eigenvalue weighted by Gasteiger charge is -2.30. The van der Waals surface area contributed by atoms with Crippen molar-refractivity contribution in [2.24, 2.45) is 5.41 Å². The Kier molecular flexibility index (Phi) is 4.51. The first-order valence-corrected chi connectivity index (χ1v) is 6.17. The monoisotopic (exact) mass is 252 g/mol. The molecule has 0 bridgehead atoms. The van der Waals surface area contributed by atoms with Crippen molar-refractivity contribution in [3.05, 3.63) is 22.6 Å². The molecule has 1 unspecified atom stereocenters. The van der Waals surface area contributed by atoms with Crippen LogP contribution in [-0.4, -0.2) is 37.0 Å². The lowest BCUT2D eigenvalue weighted by Crippen LogP contribution is -2.44. The standard InChI is InChI=1S/C13H24N4O/c1-13(2,3)11(14-4)9-17-12(18)7-10(8-15-17)16(5)6/h7-8,11,14H,9H2,1-6H3. The topological polar surface area (TPSA) is 50.2 Å². The zero-order valence-electron chi connectivity index (χ0n) is 12.2. The fourth-order valence-electron chi connectivity index (χ4n) is 1.78. The van der Waals surface area contributed by atoms with Gasteiger partial charge in [0.25, 0.3) is 5.56 Å². The Hall–Kier alpha value is -1.36. The summed E-state index contributed by atoms with van der Waals surface area (Å²) in [4.78, 5) is 13.8. The lowest BCUT2D eigenvalue weighted by atomic mass is 9.87. The Morgan fingerprint density at radius 1 is 1.44 bits per heavy atom. The van der Waals surface area contributed by atoms with Gasteiger partial charge in [-0.25, -0.2) is 4.68 Å². The first-order chi connectivity index (χ1) is 8.25. The molecule has 0 radical (unpaired) electrons. The van der Waals surface area contributed by atoms with Gasteiger partial charge in [0.2, 0.25) is 0 Å². The molecule has 18 heavy (non-hydrogen) atoms. The van der Waals surface area contributed by atoms with E-state index in [1.165, 1.54) is 4.68 Å². The van der Waals surface area contributed by atoms with E-state index in [1.807, 2.05) is 26.0 Å². The summed E-state index contributed by atoms with van der Waals surface area (Å²) in [6.07, 6.45) is 1.72. The first kappa shape index (κ1) is 14.7. The molecule has 5 nitrogen and oxygen atoms in total. The van der Waals surface area contributed by atoms with Crippen LogP contribution in [0.1, 0.15) is 20.8 Å². The van der Waals surface area contributed by atoms with E-state index < -0.39 is 0 Å². The van der Waals surface area contributed by atoms with Gasteiger partial charge < -0.3 is 10.2 Å². The summed E-state index contributed by atoms with van der Waals surface area (Å²) in [5.41, 5.74) is 0.842. The Bertz CT molecular complexity index is 445. The van der Waals surface area contributed by atoms with E-state index in [0.29, 0.717) is 6.54 Å². The van der Waals surface area contributed by atoms with Crippen LogP contribution in [-0.2, 0) is 6.54 Å². The van der Waals surface area contributed by atoms with Crippen molar-refractivity contribution in [1.29, 1.82) is 0 Å². The molecule has 1 atom stereocenters. The lowest BCUT2D eigenvalue weighted by molar-refractivity contribution is 0.244. The van der Waals surface area contributed by atoms with Crippen molar-refractivity contribution in [2.45, 2.75) is 33.4 Å². The highest BCUT2D eigenvalue weighted by atomic mass is 16.1. The second-order valence-electron chi connectivity index (χ2n) is 5.84. The Labute approximate surface area is 109 Å². The molecule has 1 aromatic heterocycles. The van der Waals surface area contributed by atoms with Crippen molar-refractivity contribution in [1.82, 2.24) is 15.1 Å². The molecule has 0 spiro atoms. The van der Waals surface area contributed by atoms with Gasteiger partial charge in [0.1, 0.15) is 0 Å². The molecule has 0 saturated carbocycles. The molecule has 5 heteroatoms. The molecule has 1 aromatic rings. The predicted octanol–water partition coefficient (Wildman–Crippen LogP) is 0.943. The van der Waals surface area contributed by atoms with Crippen molar-refractivity contribution >= 4 is 5.69 Å². The average Bonchev–Trinajstić information content (AvgIpc) is 2.25. The molecule has 0 aliphatic carbocycles. The summed E-state index contributed by atoms with van der Waals surface area (Å²) >= 11 is 0. The Morgan fingerprint density at radius 3 is 2.44 bits per heavy atom. The smallest absolute Gasteiger partial charge is 0.268 e. The molecule has 1 rings (SSSR count). The largest absolute Gasteiger partial charge is 0.376 e. The maximum absolute atomic E-state index is 12.0. The molecule has 0 fully saturated rings. The maximum atomic E-state index is 12.0. The average molecular weight is 252 g/mol. The third-order valence-electron chi connectivity index (χ3n) is 3.12. The molecule has 0 aliphatic rings.